The Labute approximate surface area is 164 Å². The van der Waals surface area contributed by atoms with Crippen LogP contribution < -0.4 is 0 Å². The summed E-state index contributed by atoms with van der Waals surface area (Å²) in [6.07, 6.45) is -2.44. The van der Waals surface area contributed by atoms with Crippen molar-refractivity contribution in [3.05, 3.63) is 66.0 Å². The summed E-state index contributed by atoms with van der Waals surface area (Å²) in [6.45, 7) is 0.147. The molecule has 4 rings (SSSR count). The fourth-order valence-corrected chi connectivity index (χ4v) is 5.30. The fraction of sp³-hybridized carbons (Fsp3) is 0.278. The molecule has 2 aromatic carbocycles. The van der Waals surface area contributed by atoms with Gasteiger partial charge in [0.1, 0.15) is 6.33 Å². The molecule has 1 aliphatic rings. The lowest BCUT2D eigenvalue weighted by molar-refractivity contribution is -0.138. The lowest BCUT2D eigenvalue weighted by Crippen LogP contribution is -2.31. The Bertz CT molecular complexity index is 1120. The highest BCUT2D eigenvalue weighted by atomic mass is 32.2. The van der Waals surface area contributed by atoms with Crippen molar-refractivity contribution in [2.45, 2.75) is 30.0 Å². The minimum Gasteiger partial charge on any atom is -0.207 e. The zero-order chi connectivity index (χ0) is 20.6. The van der Waals surface area contributed by atoms with Gasteiger partial charge in [-0.05, 0) is 53.1 Å². The van der Waals surface area contributed by atoms with Crippen molar-refractivity contribution in [1.82, 2.24) is 24.5 Å². The molecule has 0 N–H and O–H groups in total. The standard InChI is InChI=1S/C18H16F3N5O2S/c19-18(20,21)16-8-2-1-7-15(16)17-9-4-10-26(17)29(27,28)14-6-3-5-13(11-14)25-12-22-23-24-25/h1-3,5-8,11-12,17H,4,9-10H2. The molecule has 0 aliphatic carbocycles. The van der Waals surface area contributed by atoms with Gasteiger partial charge in [0, 0.05) is 6.54 Å². The molecule has 1 aromatic heterocycles. The Balaban J connectivity index is 1.74. The third kappa shape index (κ3) is 3.62. The molecule has 11 heteroatoms. The van der Waals surface area contributed by atoms with E-state index in [1.165, 1.54) is 41.3 Å². The number of rotatable bonds is 4. The quantitative estimate of drug-likeness (QED) is 0.644. The predicted octanol–water partition coefficient (Wildman–Crippen LogP) is 3.21. The largest absolute Gasteiger partial charge is 0.416 e. The molecular weight excluding hydrogens is 407 g/mol. The summed E-state index contributed by atoms with van der Waals surface area (Å²) in [6, 6.07) is 10.2. The van der Waals surface area contributed by atoms with Crippen molar-refractivity contribution in [2.24, 2.45) is 0 Å². The zero-order valence-electron chi connectivity index (χ0n) is 15.0. The van der Waals surface area contributed by atoms with Crippen molar-refractivity contribution >= 4 is 10.0 Å². The van der Waals surface area contributed by atoms with Gasteiger partial charge in [-0.25, -0.2) is 13.1 Å². The SMILES string of the molecule is O=S(=O)(c1cccc(-n2cnnn2)c1)N1CCCC1c1ccccc1C(F)(F)F. The number of benzene rings is 2. The predicted molar refractivity (Wildman–Crippen MR) is 96.5 cm³/mol. The highest BCUT2D eigenvalue weighted by molar-refractivity contribution is 7.89. The molecule has 1 aliphatic heterocycles. The maximum atomic E-state index is 13.5. The van der Waals surface area contributed by atoms with E-state index in [1.807, 2.05) is 0 Å². The molecule has 152 valence electrons. The van der Waals surface area contributed by atoms with E-state index < -0.39 is 27.8 Å². The third-order valence-corrected chi connectivity index (χ3v) is 6.77. The van der Waals surface area contributed by atoms with E-state index in [-0.39, 0.29) is 17.0 Å². The van der Waals surface area contributed by atoms with Crippen molar-refractivity contribution in [3.8, 4) is 5.69 Å². The number of aromatic nitrogens is 4. The van der Waals surface area contributed by atoms with Crippen LogP contribution in [-0.2, 0) is 16.2 Å². The van der Waals surface area contributed by atoms with Crippen molar-refractivity contribution in [3.63, 3.8) is 0 Å². The van der Waals surface area contributed by atoms with E-state index in [2.05, 4.69) is 15.5 Å². The van der Waals surface area contributed by atoms with E-state index in [0.29, 0.717) is 18.5 Å². The summed E-state index contributed by atoms with van der Waals surface area (Å²) >= 11 is 0. The first-order valence-electron chi connectivity index (χ1n) is 8.80. The van der Waals surface area contributed by atoms with Crippen LogP contribution in [0.25, 0.3) is 5.69 Å². The van der Waals surface area contributed by atoms with E-state index in [9.17, 15) is 21.6 Å². The Morgan fingerprint density at radius 3 is 2.59 bits per heavy atom. The van der Waals surface area contributed by atoms with E-state index in [4.69, 9.17) is 0 Å². The minimum absolute atomic E-state index is 0.0260. The number of alkyl halides is 3. The van der Waals surface area contributed by atoms with Gasteiger partial charge in [0.25, 0.3) is 0 Å². The smallest absolute Gasteiger partial charge is 0.207 e. The number of hydrogen-bond donors (Lipinski definition) is 0. The third-order valence-electron chi connectivity index (χ3n) is 4.87. The Kier molecular flexibility index (Phi) is 4.87. The van der Waals surface area contributed by atoms with E-state index >= 15 is 0 Å². The van der Waals surface area contributed by atoms with Gasteiger partial charge < -0.3 is 0 Å². The normalized spacial score (nSPS) is 18.2. The highest BCUT2D eigenvalue weighted by Gasteiger charge is 2.41. The van der Waals surface area contributed by atoms with E-state index in [0.717, 1.165) is 10.4 Å². The fourth-order valence-electron chi connectivity index (χ4n) is 3.59. The second kappa shape index (κ2) is 7.23. The van der Waals surface area contributed by atoms with Crippen LogP contribution in [0.5, 0.6) is 0 Å². The molecule has 0 amide bonds. The first kappa shape index (κ1) is 19.5. The van der Waals surface area contributed by atoms with Gasteiger partial charge in [-0.1, -0.05) is 24.3 Å². The molecule has 3 aromatic rings. The number of hydrogen-bond acceptors (Lipinski definition) is 5. The molecular formula is C18H16F3N5O2S. The van der Waals surface area contributed by atoms with Crippen LogP contribution in [0.3, 0.4) is 0 Å². The summed E-state index contributed by atoms with van der Waals surface area (Å²) < 4.78 is 69.4. The average Bonchev–Trinajstić information content (AvgIpc) is 3.40. The first-order chi connectivity index (χ1) is 13.8. The molecule has 0 saturated carbocycles. The van der Waals surface area contributed by atoms with Crippen LogP contribution in [-0.4, -0.2) is 39.5 Å². The molecule has 1 unspecified atom stereocenters. The van der Waals surface area contributed by atoms with E-state index in [1.54, 1.807) is 12.1 Å². The molecule has 29 heavy (non-hydrogen) atoms. The number of tetrazole rings is 1. The molecule has 1 fully saturated rings. The van der Waals surface area contributed by atoms with Gasteiger partial charge in [-0.2, -0.15) is 17.5 Å². The number of sulfonamides is 1. The first-order valence-corrected chi connectivity index (χ1v) is 10.2. The lowest BCUT2D eigenvalue weighted by atomic mass is 9.99. The van der Waals surface area contributed by atoms with Gasteiger partial charge in [-0.3, -0.25) is 0 Å². The van der Waals surface area contributed by atoms with Crippen molar-refractivity contribution < 1.29 is 21.6 Å². The lowest BCUT2D eigenvalue weighted by Gasteiger charge is -2.27. The second-order valence-electron chi connectivity index (χ2n) is 6.61. The number of halogens is 3. The van der Waals surface area contributed by atoms with Crippen LogP contribution in [0, 0.1) is 0 Å². The summed E-state index contributed by atoms with van der Waals surface area (Å²) in [5.74, 6) is 0. The maximum absolute atomic E-state index is 13.5. The molecule has 1 atom stereocenters. The molecule has 2 heterocycles. The second-order valence-corrected chi connectivity index (χ2v) is 8.50. The van der Waals surface area contributed by atoms with Crippen LogP contribution in [0.15, 0.2) is 59.8 Å². The Morgan fingerprint density at radius 2 is 1.86 bits per heavy atom. The van der Waals surface area contributed by atoms with Gasteiger partial charge in [-0.15, -0.1) is 5.10 Å². The molecule has 0 spiro atoms. The molecule has 1 saturated heterocycles. The summed E-state index contributed by atoms with van der Waals surface area (Å²) in [5, 5.41) is 10.8. The molecule has 7 nitrogen and oxygen atoms in total. The maximum Gasteiger partial charge on any atom is 0.416 e. The minimum atomic E-state index is -4.56. The zero-order valence-corrected chi connectivity index (χ0v) is 15.8. The number of nitrogens with zero attached hydrogens (tertiary/aromatic N) is 5. The van der Waals surface area contributed by atoms with Crippen LogP contribution in [0.4, 0.5) is 13.2 Å². The van der Waals surface area contributed by atoms with Crippen LogP contribution in [0.2, 0.25) is 0 Å². The Hall–Kier alpha value is -2.79. The molecule has 0 bridgehead atoms. The van der Waals surface area contributed by atoms with Crippen molar-refractivity contribution in [1.29, 1.82) is 0 Å². The Morgan fingerprint density at radius 1 is 1.07 bits per heavy atom. The van der Waals surface area contributed by atoms with Gasteiger partial charge in [0.2, 0.25) is 10.0 Å². The van der Waals surface area contributed by atoms with Gasteiger partial charge in [0.05, 0.1) is 22.2 Å². The van der Waals surface area contributed by atoms with Gasteiger partial charge in [0.15, 0.2) is 0 Å². The van der Waals surface area contributed by atoms with Crippen LogP contribution in [0.1, 0.15) is 30.0 Å². The highest BCUT2D eigenvalue weighted by Crippen LogP contribution is 2.42. The topological polar surface area (TPSA) is 81.0 Å². The molecule has 0 radical (unpaired) electrons. The summed E-state index contributed by atoms with van der Waals surface area (Å²) in [5.41, 5.74) is -0.408. The van der Waals surface area contributed by atoms with Crippen molar-refractivity contribution in [2.75, 3.05) is 6.54 Å². The average molecular weight is 423 g/mol. The summed E-state index contributed by atoms with van der Waals surface area (Å²) in [4.78, 5) is -0.0260. The monoisotopic (exact) mass is 423 g/mol. The van der Waals surface area contributed by atoms with Gasteiger partial charge >= 0.3 is 6.18 Å². The van der Waals surface area contributed by atoms with Crippen LogP contribution >= 0.6 is 0 Å². The summed E-state index contributed by atoms with van der Waals surface area (Å²) in [7, 11) is -4.03.